The molecule has 0 spiro atoms. The molecule has 20 heavy (non-hydrogen) atoms. The van der Waals surface area contributed by atoms with Gasteiger partial charge in [0.1, 0.15) is 6.04 Å². The molecule has 3 N–H and O–H groups in total. The van der Waals surface area contributed by atoms with Crippen LogP contribution in [-0.2, 0) is 9.59 Å². The Morgan fingerprint density at radius 2 is 2.15 bits per heavy atom. The zero-order valence-electron chi connectivity index (χ0n) is 11.2. The molecule has 1 rings (SSSR count). The van der Waals surface area contributed by atoms with Gasteiger partial charge in [-0.05, 0) is 17.9 Å². The number of thiophene rings is 1. The topological polar surface area (TPSA) is 95.5 Å². The second-order valence-electron chi connectivity index (χ2n) is 4.26. The third kappa shape index (κ3) is 5.40. The van der Waals surface area contributed by atoms with Crippen LogP contribution >= 0.6 is 11.3 Å². The monoisotopic (exact) mass is 298 g/mol. The minimum absolute atomic E-state index is 0.0589. The lowest BCUT2D eigenvalue weighted by atomic mass is 10.1. The van der Waals surface area contributed by atoms with E-state index < -0.39 is 12.0 Å². The van der Waals surface area contributed by atoms with Crippen LogP contribution < -0.4 is 10.6 Å². The number of nitrogens with one attached hydrogen (secondary N) is 2. The van der Waals surface area contributed by atoms with Crippen molar-refractivity contribution in [1.82, 2.24) is 10.6 Å². The molecule has 0 radical (unpaired) electrons. The van der Waals surface area contributed by atoms with Gasteiger partial charge in [0.05, 0.1) is 0 Å². The number of rotatable bonds is 8. The van der Waals surface area contributed by atoms with Gasteiger partial charge in [-0.15, -0.1) is 0 Å². The van der Waals surface area contributed by atoms with Crippen molar-refractivity contribution in [2.75, 3.05) is 6.54 Å². The van der Waals surface area contributed by atoms with E-state index in [-0.39, 0.29) is 24.8 Å². The third-order valence-electron chi connectivity index (χ3n) is 2.63. The number of aliphatic carboxylic acids is 1. The molecule has 110 valence electrons. The molecule has 0 fully saturated rings. The fourth-order valence-corrected chi connectivity index (χ4v) is 2.23. The maximum absolute atomic E-state index is 11.6. The maximum Gasteiger partial charge on any atom is 0.326 e. The Bertz CT molecular complexity index is 459. The molecule has 1 aromatic heterocycles. The van der Waals surface area contributed by atoms with E-state index in [2.05, 4.69) is 10.6 Å². The number of hydrogen-bond donors (Lipinski definition) is 3. The highest BCUT2D eigenvalue weighted by atomic mass is 32.1. The lowest BCUT2D eigenvalue weighted by Gasteiger charge is -2.13. The van der Waals surface area contributed by atoms with Gasteiger partial charge in [0.2, 0.25) is 5.91 Å². The molecular formula is C13H18N2O4S. The van der Waals surface area contributed by atoms with Crippen LogP contribution in [0.15, 0.2) is 16.8 Å². The van der Waals surface area contributed by atoms with Crippen LogP contribution in [-0.4, -0.2) is 35.5 Å². The van der Waals surface area contributed by atoms with E-state index in [1.54, 1.807) is 16.8 Å². The fourth-order valence-electron chi connectivity index (χ4n) is 1.60. The first-order valence-corrected chi connectivity index (χ1v) is 7.31. The van der Waals surface area contributed by atoms with Crippen LogP contribution in [0, 0.1) is 0 Å². The molecule has 0 bridgehead atoms. The van der Waals surface area contributed by atoms with Crippen molar-refractivity contribution in [1.29, 1.82) is 0 Å². The zero-order chi connectivity index (χ0) is 15.0. The Labute approximate surface area is 121 Å². The van der Waals surface area contributed by atoms with Crippen molar-refractivity contribution in [3.8, 4) is 0 Å². The summed E-state index contributed by atoms with van der Waals surface area (Å²) in [6.07, 6.45) is 1.12. The lowest BCUT2D eigenvalue weighted by Crippen LogP contribution is -2.41. The largest absolute Gasteiger partial charge is 0.480 e. The van der Waals surface area contributed by atoms with E-state index in [0.717, 1.165) is 0 Å². The maximum atomic E-state index is 11.6. The molecule has 1 atom stereocenters. The second kappa shape index (κ2) is 8.31. The molecule has 0 aromatic carbocycles. The van der Waals surface area contributed by atoms with Crippen molar-refractivity contribution in [2.45, 2.75) is 32.2 Å². The first-order chi connectivity index (χ1) is 9.54. The first-order valence-electron chi connectivity index (χ1n) is 6.37. The lowest BCUT2D eigenvalue weighted by molar-refractivity contribution is -0.142. The van der Waals surface area contributed by atoms with Crippen molar-refractivity contribution in [3.05, 3.63) is 22.4 Å². The Hall–Kier alpha value is -1.89. The van der Waals surface area contributed by atoms with E-state index in [1.165, 1.54) is 11.3 Å². The van der Waals surface area contributed by atoms with Crippen LogP contribution in [0.5, 0.6) is 0 Å². The molecule has 0 aliphatic carbocycles. The van der Waals surface area contributed by atoms with E-state index in [1.807, 2.05) is 6.92 Å². The van der Waals surface area contributed by atoms with Gasteiger partial charge < -0.3 is 15.7 Å². The Morgan fingerprint density at radius 1 is 1.40 bits per heavy atom. The summed E-state index contributed by atoms with van der Waals surface area (Å²) >= 11 is 1.42. The van der Waals surface area contributed by atoms with Gasteiger partial charge in [-0.1, -0.05) is 13.3 Å². The number of carboxylic acid groups (broad SMARTS) is 1. The molecular weight excluding hydrogens is 280 g/mol. The fraction of sp³-hybridized carbons (Fsp3) is 0.462. The molecule has 0 saturated carbocycles. The molecule has 0 saturated heterocycles. The normalized spacial score (nSPS) is 11.7. The third-order valence-corrected chi connectivity index (χ3v) is 3.31. The Balaban J connectivity index is 2.29. The highest BCUT2D eigenvalue weighted by Crippen LogP contribution is 2.05. The zero-order valence-corrected chi connectivity index (χ0v) is 12.0. The highest BCUT2D eigenvalue weighted by molar-refractivity contribution is 7.08. The molecule has 6 nitrogen and oxygen atoms in total. The summed E-state index contributed by atoms with van der Waals surface area (Å²) < 4.78 is 0. The van der Waals surface area contributed by atoms with Crippen LogP contribution in [0.2, 0.25) is 0 Å². The molecule has 0 unspecified atom stereocenters. The van der Waals surface area contributed by atoms with Crippen LogP contribution in [0.4, 0.5) is 0 Å². The van der Waals surface area contributed by atoms with Gasteiger partial charge in [-0.2, -0.15) is 11.3 Å². The summed E-state index contributed by atoms with van der Waals surface area (Å²) in [7, 11) is 0. The van der Waals surface area contributed by atoms with Crippen LogP contribution in [0.25, 0.3) is 0 Å². The van der Waals surface area contributed by atoms with E-state index in [4.69, 9.17) is 5.11 Å². The quantitative estimate of drug-likeness (QED) is 0.673. The van der Waals surface area contributed by atoms with E-state index in [0.29, 0.717) is 18.4 Å². The van der Waals surface area contributed by atoms with Gasteiger partial charge in [0.25, 0.3) is 5.91 Å². The standard InChI is InChI=1S/C13H18N2O4S/c1-2-3-10(13(18)19)15-11(16)4-6-14-12(17)9-5-7-20-8-9/h5,7-8,10H,2-4,6H2,1H3,(H,14,17)(H,15,16)(H,18,19)/t10-/m0/s1. The Morgan fingerprint density at radius 3 is 2.70 bits per heavy atom. The van der Waals surface area contributed by atoms with Gasteiger partial charge in [-0.3, -0.25) is 9.59 Å². The van der Waals surface area contributed by atoms with Gasteiger partial charge in [0.15, 0.2) is 0 Å². The smallest absolute Gasteiger partial charge is 0.326 e. The summed E-state index contributed by atoms with van der Waals surface area (Å²) in [4.78, 5) is 34.0. The second-order valence-corrected chi connectivity index (χ2v) is 5.04. The summed E-state index contributed by atoms with van der Waals surface area (Å²) in [6.45, 7) is 2.03. The molecule has 0 aliphatic rings. The molecule has 1 heterocycles. The average Bonchev–Trinajstić information content (AvgIpc) is 2.91. The minimum Gasteiger partial charge on any atom is -0.480 e. The molecule has 1 aromatic rings. The van der Waals surface area contributed by atoms with Crippen molar-refractivity contribution < 1.29 is 19.5 Å². The SMILES string of the molecule is CCC[C@H](NC(=O)CCNC(=O)c1ccsc1)C(=O)O. The van der Waals surface area contributed by atoms with Crippen LogP contribution in [0.1, 0.15) is 36.5 Å². The molecule has 2 amide bonds. The summed E-state index contributed by atoms with van der Waals surface area (Å²) in [5.41, 5.74) is 0.560. The summed E-state index contributed by atoms with van der Waals surface area (Å²) in [6, 6.07) is 0.835. The average molecular weight is 298 g/mol. The summed E-state index contributed by atoms with van der Waals surface area (Å²) in [5, 5.41) is 17.5. The number of carbonyl (C=O) groups is 3. The van der Waals surface area contributed by atoms with E-state index >= 15 is 0 Å². The number of carboxylic acids is 1. The van der Waals surface area contributed by atoms with Gasteiger partial charge >= 0.3 is 5.97 Å². The predicted molar refractivity (Wildman–Crippen MR) is 75.7 cm³/mol. The van der Waals surface area contributed by atoms with Crippen molar-refractivity contribution >= 4 is 29.1 Å². The highest BCUT2D eigenvalue weighted by Gasteiger charge is 2.18. The molecule has 0 aliphatic heterocycles. The summed E-state index contributed by atoms with van der Waals surface area (Å²) in [5.74, 6) is -1.65. The van der Waals surface area contributed by atoms with Crippen molar-refractivity contribution in [3.63, 3.8) is 0 Å². The van der Waals surface area contributed by atoms with Gasteiger partial charge in [0, 0.05) is 23.9 Å². The van der Waals surface area contributed by atoms with Crippen LogP contribution in [0.3, 0.4) is 0 Å². The Kier molecular flexibility index (Phi) is 6.72. The van der Waals surface area contributed by atoms with Gasteiger partial charge in [-0.25, -0.2) is 4.79 Å². The number of carbonyl (C=O) groups excluding carboxylic acids is 2. The number of amides is 2. The molecule has 7 heteroatoms. The minimum atomic E-state index is -1.04. The number of hydrogen-bond acceptors (Lipinski definition) is 4. The first kappa shape index (κ1) is 16.2. The predicted octanol–water partition coefficient (Wildman–Crippen LogP) is 1.24. The van der Waals surface area contributed by atoms with Crippen molar-refractivity contribution in [2.24, 2.45) is 0 Å². The van der Waals surface area contributed by atoms with E-state index in [9.17, 15) is 14.4 Å².